The zero-order valence-corrected chi connectivity index (χ0v) is 19.3. The molecule has 0 aliphatic carbocycles. The van der Waals surface area contributed by atoms with Crippen LogP contribution in [0.15, 0.2) is 77.9 Å². The standard InChI is InChI=1S/C27H25ClN2O3/c1-3-23(24-13-12-22(33-2)16-25(24)28)27(21-6-4-5-19(15-21)17-30-29)20-10-7-18(8-11-20)9-14-26(31)32/h4-16,29H,3,17H2,1-2H3,(H,31,32)/b14-9+,27-23+,30-29?. The van der Waals surface area contributed by atoms with E-state index in [1.54, 1.807) is 19.3 Å². The Morgan fingerprint density at radius 3 is 2.45 bits per heavy atom. The van der Waals surface area contributed by atoms with Gasteiger partial charge in [0, 0.05) is 6.08 Å². The smallest absolute Gasteiger partial charge is 0.328 e. The molecule has 0 fully saturated rings. The lowest BCUT2D eigenvalue weighted by Gasteiger charge is -2.18. The summed E-state index contributed by atoms with van der Waals surface area (Å²) in [6.07, 6.45) is 3.41. The molecule has 0 atom stereocenters. The van der Waals surface area contributed by atoms with E-state index in [1.807, 2.05) is 60.7 Å². The first kappa shape index (κ1) is 24.0. The van der Waals surface area contributed by atoms with Gasteiger partial charge < -0.3 is 9.84 Å². The van der Waals surface area contributed by atoms with Crippen LogP contribution in [0.1, 0.15) is 41.2 Å². The predicted octanol–water partition coefficient (Wildman–Crippen LogP) is 7.35. The molecular formula is C27H25ClN2O3. The third kappa shape index (κ3) is 5.96. The van der Waals surface area contributed by atoms with Crippen LogP contribution in [0, 0.1) is 5.53 Å². The van der Waals surface area contributed by atoms with Crippen LogP contribution in [0.3, 0.4) is 0 Å². The quantitative estimate of drug-likeness (QED) is 0.199. The van der Waals surface area contributed by atoms with E-state index in [9.17, 15) is 4.79 Å². The van der Waals surface area contributed by atoms with Crippen LogP contribution in [-0.4, -0.2) is 18.2 Å². The molecule has 0 spiro atoms. The lowest BCUT2D eigenvalue weighted by Crippen LogP contribution is -1.97. The van der Waals surface area contributed by atoms with Crippen LogP contribution in [0.25, 0.3) is 17.2 Å². The van der Waals surface area contributed by atoms with Crippen LogP contribution < -0.4 is 4.74 Å². The summed E-state index contributed by atoms with van der Waals surface area (Å²) < 4.78 is 5.31. The maximum atomic E-state index is 10.8. The number of nitrogens with one attached hydrogen (secondary N) is 1. The highest BCUT2D eigenvalue weighted by Crippen LogP contribution is 2.38. The molecule has 3 aromatic rings. The molecule has 0 saturated carbocycles. The van der Waals surface area contributed by atoms with Crippen molar-refractivity contribution in [3.05, 3.63) is 106 Å². The Kier molecular flexibility index (Phi) is 8.17. The van der Waals surface area contributed by atoms with Gasteiger partial charge in [-0.05, 0) is 75.7 Å². The first-order chi connectivity index (χ1) is 16.0. The van der Waals surface area contributed by atoms with E-state index in [-0.39, 0.29) is 0 Å². The first-order valence-corrected chi connectivity index (χ1v) is 10.9. The van der Waals surface area contributed by atoms with E-state index in [0.717, 1.165) is 51.5 Å². The summed E-state index contributed by atoms with van der Waals surface area (Å²) in [6.45, 7) is 2.40. The molecule has 5 nitrogen and oxygen atoms in total. The second-order valence-corrected chi connectivity index (χ2v) is 7.77. The molecule has 0 bridgehead atoms. The third-order valence-electron chi connectivity index (χ3n) is 5.25. The summed E-state index contributed by atoms with van der Waals surface area (Å²) in [5, 5.41) is 13.0. The lowest BCUT2D eigenvalue weighted by atomic mass is 9.87. The molecule has 168 valence electrons. The fraction of sp³-hybridized carbons (Fsp3) is 0.148. The number of hydrogen-bond acceptors (Lipinski definition) is 4. The van der Waals surface area contributed by atoms with Gasteiger partial charge in [-0.1, -0.05) is 61.0 Å². The minimum atomic E-state index is -0.987. The summed E-state index contributed by atoms with van der Waals surface area (Å²) in [4.78, 5) is 10.8. The number of methoxy groups -OCH3 is 1. The van der Waals surface area contributed by atoms with Crippen LogP contribution in [0.5, 0.6) is 5.75 Å². The molecular weight excluding hydrogens is 436 g/mol. The zero-order chi connectivity index (χ0) is 23.8. The van der Waals surface area contributed by atoms with Crippen LogP contribution in [-0.2, 0) is 11.3 Å². The Balaban J connectivity index is 2.23. The second kappa shape index (κ2) is 11.2. The lowest BCUT2D eigenvalue weighted by molar-refractivity contribution is -0.131. The average Bonchev–Trinajstić information content (AvgIpc) is 2.82. The van der Waals surface area contributed by atoms with Gasteiger partial charge in [-0.3, -0.25) is 0 Å². The number of rotatable bonds is 9. The SMILES string of the molecule is CC/C(=C(/c1ccc(/C=C/C(=O)O)cc1)c1cccc(CN=N)c1)c1ccc(OC)cc1Cl. The van der Waals surface area contributed by atoms with Gasteiger partial charge in [-0.25, -0.2) is 10.3 Å². The number of benzene rings is 3. The molecule has 0 unspecified atom stereocenters. The van der Waals surface area contributed by atoms with Crippen molar-refractivity contribution in [3.63, 3.8) is 0 Å². The van der Waals surface area contributed by atoms with E-state index in [1.165, 1.54) is 0 Å². The van der Waals surface area contributed by atoms with Crippen molar-refractivity contribution in [1.82, 2.24) is 0 Å². The zero-order valence-electron chi connectivity index (χ0n) is 18.5. The fourth-order valence-electron chi connectivity index (χ4n) is 3.73. The minimum absolute atomic E-state index is 0.310. The molecule has 0 amide bonds. The number of carboxylic acids is 1. The first-order valence-electron chi connectivity index (χ1n) is 10.5. The molecule has 3 aromatic carbocycles. The van der Waals surface area contributed by atoms with Gasteiger partial charge in [0.05, 0.1) is 18.7 Å². The number of allylic oxidation sites excluding steroid dienone is 1. The van der Waals surface area contributed by atoms with Crippen LogP contribution >= 0.6 is 11.6 Å². The highest BCUT2D eigenvalue weighted by molar-refractivity contribution is 6.33. The van der Waals surface area contributed by atoms with Crippen molar-refractivity contribution in [2.45, 2.75) is 19.9 Å². The molecule has 6 heteroatoms. The number of halogens is 1. The Morgan fingerprint density at radius 2 is 1.85 bits per heavy atom. The molecule has 0 aliphatic heterocycles. The van der Waals surface area contributed by atoms with E-state index in [2.05, 4.69) is 12.0 Å². The maximum absolute atomic E-state index is 10.8. The highest BCUT2D eigenvalue weighted by Gasteiger charge is 2.16. The van der Waals surface area contributed by atoms with Gasteiger partial charge in [0.1, 0.15) is 5.75 Å². The van der Waals surface area contributed by atoms with Crippen molar-refractivity contribution in [1.29, 1.82) is 5.53 Å². The number of aliphatic carboxylic acids is 1. The van der Waals surface area contributed by atoms with Crippen molar-refractivity contribution in [2.24, 2.45) is 5.11 Å². The number of hydrogen-bond donors (Lipinski definition) is 2. The monoisotopic (exact) mass is 460 g/mol. The summed E-state index contributed by atoms with van der Waals surface area (Å²) >= 11 is 6.66. The summed E-state index contributed by atoms with van der Waals surface area (Å²) in [5.41, 5.74) is 13.9. The van der Waals surface area contributed by atoms with Crippen molar-refractivity contribution in [3.8, 4) is 5.75 Å². The molecule has 0 aromatic heterocycles. The van der Waals surface area contributed by atoms with Gasteiger partial charge in [-0.15, -0.1) is 0 Å². The third-order valence-corrected chi connectivity index (χ3v) is 5.56. The van der Waals surface area contributed by atoms with Gasteiger partial charge in [0.2, 0.25) is 0 Å². The van der Waals surface area contributed by atoms with E-state index < -0.39 is 5.97 Å². The molecule has 0 heterocycles. The Labute approximate surface area is 198 Å². The Bertz CT molecular complexity index is 1210. The van der Waals surface area contributed by atoms with E-state index in [4.69, 9.17) is 27.0 Å². The minimum Gasteiger partial charge on any atom is -0.497 e. The van der Waals surface area contributed by atoms with Crippen LogP contribution in [0.2, 0.25) is 5.02 Å². The van der Waals surface area contributed by atoms with Gasteiger partial charge in [0.25, 0.3) is 0 Å². The number of carboxylic acid groups (broad SMARTS) is 1. The van der Waals surface area contributed by atoms with Gasteiger partial charge in [-0.2, -0.15) is 5.11 Å². The number of carbonyl (C=O) groups is 1. The summed E-state index contributed by atoms with van der Waals surface area (Å²) in [7, 11) is 1.61. The van der Waals surface area contributed by atoms with Crippen molar-refractivity contribution in [2.75, 3.05) is 7.11 Å². The molecule has 0 saturated heterocycles. The molecule has 0 radical (unpaired) electrons. The average molecular weight is 461 g/mol. The molecule has 3 rings (SSSR count). The Hall–Kier alpha value is -3.70. The number of nitrogens with zero attached hydrogens (tertiary/aromatic N) is 1. The largest absolute Gasteiger partial charge is 0.497 e. The predicted molar refractivity (Wildman–Crippen MR) is 133 cm³/mol. The number of ether oxygens (including phenoxy) is 1. The highest BCUT2D eigenvalue weighted by atomic mass is 35.5. The topological polar surface area (TPSA) is 82.7 Å². The Morgan fingerprint density at radius 1 is 1.09 bits per heavy atom. The van der Waals surface area contributed by atoms with Gasteiger partial charge >= 0.3 is 5.97 Å². The molecule has 33 heavy (non-hydrogen) atoms. The summed E-state index contributed by atoms with van der Waals surface area (Å²) in [6, 6.07) is 21.4. The van der Waals surface area contributed by atoms with E-state index in [0.29, 0.717) is 17.3 Å². The van der Waals surface area contributed by atoms with Gasteiger partial charge in [0.15, 0.2) is 0 Å². The van der Waals surface area contributed by atoms with E-state index >= 15 is 0 Å². The van der Waals surface area contributed by atoms with Crippen molar-refractivity contribution >= 4 is 34.8 Å². The maximum Gasteiger partial charge on any atom is 0.328 e. The normalized spacial score (nSPS) is 11.8. The summed E-state index contributed by atoms with van der Waals surface area (Å²) in [5.74, 6) is -0.298. The molecule has 0 aliphatic rings. The second-order valence-electron chi connectivity index (χ2n) is 7.36. The van der Waals surface area contributed by atoms with Crippen LogP contribution in [0.4, 0.5) is 0 Å². The fourth-order valence-corrected chi connectivity index (χ4v) is 4.01. The van der Waals surface area contributed by atoms with Crippen molar-refractivity contribution < 1.29 is 14.6 Å². The molecule has 2 N–H and O–H groups in total.